The van der Waals surface area contributed by atoms with E-state index in [1.165, 1.54) is 11.3 Å². The second-order valence-electron chi connectivity index (χ2n) is 7.10. The second-order valence-corrected chi connectivity index (χ2v) is 7.10. The molecule has 2 aliphatic rings. The van der Waals surface area contributed by atoms with Gasteiger partial charge in [-0.3, -0.25) is 4.79 Å². The van der Waals surface area contributed by atoms with Crippen molar-refractivity contribution in [3.63, 3.8) is 0 Å². The van der Waals surface area contributed by atoms with E-state index in [2.05, 4.69) is 10.2 Å². The molecule has 6 nitrogen and oxygen atoms in total. The van der Waals surface area contributed by atoms with Gasteiger partial charge in [0.2, 0.25) is 0 Å². The fourth-order valence-electron chi connectivity index (χ4n) is 3.52. The van der Waals surface area contributed by atoms with Crippen LogP contribution in [0.25, 0.3) is 0 Å². The third-order valence-electron chi connectivity index (χ3n) is 4.97. The molecule has 1 aromatic carbocycles. The molecule has 0 bridgehead atoms. The Morgan fingerprint density at radius 2 is 1.60 bits per heavy atom. The minimum Gasteiger partial charge on any atom is -0.371 e. The van der Waals surface area contributed by atoms with E-state index >= 15 is 0 Å². The first-order valence-corrected chi connectivity index (χ1v) is 9.23. The molecule has 2 fully saturated rings. The van der Waals surface area contributed by atoms with Crippen molar-refractivity contribution in [1.29, 1.82) is 0 Å². The van der Waals surface area contributed by atoms with Crippen LogP contribution in [0.15, 0.2) is 18.2 Å². The molecule has 1 aromatic rings. The van der Waals surface area contributed by atoms with Gasteiger partial charge in [0.15, 0.2) is 0 Å². The Balaban J connectivity index is 1.90. The Morgan fingerprint density at radius 3 is 2.24 bits per heavy atom. The molecule has 25 heavy (non-hydrogen) atoms. The van der Waals surface area contributed by atoms with Crippen molar-refractivity contribution in [3.05, 3.63) is 23.8 Å². The SMILES string of the molecule is CN(C)C(=O)Nc1ccc(N2CCCCC2)c(C(=O)N2CCCC2)c1. The molecule has 3 amide bonds. The molecular formula is C19H28N4O2. The van der Waals surface area contributed by atoms with Gasteiger partial charge in [0.1, 0.15) is 0 Å². The van der Waals surface area contributed by atoms with Crippen molar-refractivity contribution in [2.75, 3.05) is 50.5 Å². The topological polar surface area (TPSA) is 55.9 Å². The summed E-state index contributed by atoms with van der Waals surface area (Å²) < 4.78 is 0. The fourth-order valence-corrected chi connectivity index (χ4v) is 3.52. The number of nitrogens with zero attached hydrogens (tertiary/aromatic N) is 3. The van der Waals surface area contributed by atoms with Gasteiger partial charge in [-0.25, -0.2) is 4.79 Å². The summed E-state index contributed by atoms with van der Waals surface area (Å²) in [5, 5.41) is 2.86. The number of hydrogen-bond acceptors (Lipinski definition) is 3. The van der Waals surface area contributed by atoms with Crippen molar-refractivity contribution in [1.82, 2.24) is 9.80 Å². The van der Waals surface area contributed by atoms with E-state index in [1.807, 2.05) is 23.1 Å². The second kappa shape index (κ2) is 7.76. The highest BCUT2D eigenvalue weighted by molar-refractivity contribution is 6.02. The summed E-state index contributed by atoms with van der Waals surface area (Å²) in [6.45, 7) is 3.63. The van der Waals surface area contributed by atoms with Crippen LogP contribution in [0.2, 0.25) is 0 Å². The summed E-state index contributed by atoms with van der Waals surface area (Å²) in [5.74, 6) is 0.0824. The molecular weight excluding hydrogens is 316 g/mol. The quantitative estimate of drug-likeness (QED) is 0.917. The van der Waals surface area contributed by atoms with Gasteiger partial charge in [0.05, 0.1) is 5.56 Å². The molecule has 6 heteroatoms. The lowest BCUT2D eigenvalue weighted by Crippen LogP contribution is -2.34. The van der Waals surface area contributed by atoms with Gasteiger partial charge >= 0.3 is 6.03 Å². The van der Waals surface area contributed by atoms with E-state index in [0.29, 0.717) is 11.3 Å². The molecule has 2 aliphatic heterocycles. The Bertz CT molecular complexity index is 632. The van der Waals surface area contributed by atoms with Crippen LogP contribution in [0, 0.1) is 0 Å². The van der Waals surface area contributed by atoms with E-state index in [1.54, 1.807) is 14.1 Å². The predicted octanol–water partition coefficient (Wildman–Crippen LogP) is 3.01. The molecule has 1 N–H and O–H groups in total. The molecule has 3 rings (SSSR count). The van der Waals surface area contributed by atoms with Crippen LogP contribution < -0.4 is 10.2 Å². The molecule has 2 saturated heterocycles. The Hall–Kier alpha value is -2.24. The number of urea groups is 1. The Morgan fingerprint density at radius 1 is 0.960 bits per heavy atom. The fraction of sp³-hybridized carbons (Fsp3) is 0.579. The van der Waals surface area contributed by atoms with Crippen LogP contribution in [0.1, 0.15) is 42.5 Å². The van der Waals surface area contributed by atoms with Crippen molar-refractivity contribution >= 4 is 23.3 Å². The number of anilines is 2. The third kappa shape index (κ3) is 4.06. The lowest BCUT2D eigenvalue weighted by Gasteiger charge is -2.31. The first kappa shape index (κ1) is 17.6. The zero-order valence-electron chi connectivity index (χ0n) is 15.3. The minimum atomic E-state index is -0.190. The smallest absolute Gasteiger partial charge is 0.321 e. The number of carbonyl (C=O) groups excluding carboxylic acids is 2. The largest absolute Gasteiger partial charge is 0.371 e. The van der Waals surface area contributed by atoms with Gasteiger partial charge in [-0.05, 0) is 50.3 Å². The van der Waals surface area contributed by atoms with E-state index in [-0.39, 0.29) is 11.9 Å². The van der Waals surface area contributed by atoms with Gasteiger partial charge in [0, 0.05) is 51.6 Å². The number of likely N-dealkylation sites (tertiary alicyclic amines) is 1. The predicted molar refractivity (Wildman–Crippen MR) is 100 cm³/mol. The number of nitrogens with one attached hydrogen (secondary N) is 1. The molecule has 0 spiro atoms. The average molecular weight is 344 g/mol. The van der Waals surface area contributed by atoms with Gasteiger partial charge in [-0.15, -0.1) is 0 Å². The van der Waals surface area contributed by atoms with Crippen molar-refractivity contribution in [3.8, 4) is 0 Å². The first-order valence-electron chi connectivity index (χ1n) is 9.23. The summed E-state index contributed by atoms with van der Waals surface area (Å²) in [5.41, 5.74) is 2.38. The molecule has 0 aliphatic carbocycles. The zero-order chi connectivity index (χ0) is 17.8. The normalized spacial score (nSPS) is 17.5. The van der Waals surface area contributed by atoms with Crippen LogP contribution in [-0.2, 0) is 0 Å². The van der Waals surface area contributed by atoms with E-state index < -0.39 is 0 Å². The van der Waals surface area contributed by atoms with E-state index in [4.69, 9.17) is 0 Å². The molecule has 0 saturated carbocycles. The standard InChI is InChI=1S/C19H28N4O2/c1-21(2)19(25)20-15-8-9-17(22-10-4-3-5-11-22)16(14-15)18(24)23-12-6-7-13-23/h8-9,14H,3-7,10-13H2,1-2H3,(H,20,25). The van der Waals surface area contributed by atoms with Gasteiger partial charge in [-0.2, -0.15) is 0 Å². The number of rotatable bonds is 3. The van der Waals surface area contributed by atoms with Gasteiger partial charge < -0.3 is 20.0 Å². The monoisotopic (exact) mass is 344 g/mol. The zero-order valence-corrected chi connectivity index (χ0v) is 15.3. The number of amides is 3. The number of piperidine rings is 1. The number of carbonyl (C=O) groups is 2. The maximum atomic E-state index is 13.1. The van der Waals surface area contributed by atoms with Crippen LogP contribution in [0.3, 0.4) is 0 Å². The minimum absolute atomic E-state index is 0.0824. The summed E-state index contributed by atoms with van der Waals surface area (Å²) >= 11 is 0. The highest BCUT2D eigenvalue weighted by Gasteiger charge is 2.25. The molecule has 0 radical (unpaired) electrons. The molecule has 2 heterocycles. The lowest BCUT2D eigenvalue weighted by molar-refractivity contribution is 0.0793. The molecule has 136 valence electrons. The van der Waals surface area contributed by atoms with Crippen molar-refractivity contribution in [2.24, 2.45) is 0 Å². The maximum absolute atomic E-state index is 13.1. The molecule has 0 aromatic heterocycles. The Labute approximate surface area is 149 Å². The summed E-state index contributed by atoms with van der Waals surface area (Å²) in [6, 6.07) is 5.53. The van der Waals surface area contributed by atoms with Crippen molar-refractivity contribution < 1.29 is 9.59 Å². The van der Waals surface area contributed by atoms with E-state index in [0.717, 1.165) is 57.5 Å². The summed E-state index contributed by atoms with van der Waals surface area (Å²) in [7, 11) is 3.40. The van der Waals surface area contributed by atoms with Crippen LogP contribution >= 0.6 is 0 Å². The van der Waals surface area contributed by atoms with Gasteiger partial charge in [0.25, 0.3) is 5.91 Å². The number of hydrogen-bond donors (Lipinski definition) is 1. The molecule has 0 unspecified atom stereocenters. The third-order valence-corrected chi connectivity index (χ3v) is 4.97. The molecule has 0 atom stereocenters. The van der Waals surface area contributed by atoms with Crippen molar-refractivity contribution in [2.45, 2.75) is 32.1 Å². The van der Waals surface area contributed by atoms with Crippen LogP contribution in [0.4, 0.5) is 16.2 Å². The number of benzene rings is 1. The van der Waals surface area contributed by atoms with Gasteiger partial charge in [-0.1, -0.05) is 0 Å². The summed E-state index contributed by atoms with van der Waals surface area (Å²) in [6.07, 6.45) is 5.72. The highest BCUT2D eigenvalue weighted by atomic mass is 16.2. The Kier molecular flexibility index (Phi) is 5.46. The maximum Gasteiger partial charge on any atom is 0.321 e. The average Bonchev–Trinajstić information content (AvgIpc) is 3.16. The van der Waals surface area contributed by atoms with E-state index in [9.17, 15) is 9.59 Å². The first-order chi connectivity index (χ1) is 12.1. The summed E-state index contributed by atoms with van der Waals surface area (Å²) in [4.78, 5) is 30.7. The highest BCUT2D eigenvalue weighted by Crippen LogP contribution is 2.29. The van der Waals surface area contributed by atoms with Crippen LogP contribution in [-0.4, -0.2) is 62.0 Å². The lowest BCUT2D eigenvalue weighted by atomic mass is 10.1. The van der Waals surface area contributed by atoms with Crippen LogP contribution in [0.5, 0.6) is 0 Å².